The molecule has 0 saturated carbocycles. The van der Waals surface area contributed by atoms with Crippen LogP contribution in [-0.2, 0) is 20.9 Å². The van der Waals surface area contributed by atoms with E-state index < -0.39 is 0 Å². The van der Waals surface area contributed by atoms with Crippen LogP contribution in [0.3, 0.4) is 0 Å². The summed E-state index contributed by atoms with van der Waals surface area (Å²) in [6.45, 7) is 7.89. The van der Waals surface area contributed by atoms with Crippen molar-refractivity contribution in [3.05, 3.63) is 29.8 Å². The molecule has 1 fully saturated rings. The molecule has 26 heavy (non-hydrogen) atoms. The summed E-state index contributed by atoms with van der Waals surface area (Å²) in [6.07, 6.45) is 4.16. The van der Waals surface area contributed by atoms with Gasteiger partial charge in [0, 0.05) is 12.1 Å². The summed E-state index contributed by atoms with van der Waals surface area (Å²) in [5.74, 6) is 0.779. The van der Waals surface area contributed by atoms with Crippen LogP contribution in [0.2, 0.25) is 0 Å². The van der Waals surface area contributed by atoms with Gasteiger partial charge in [-0.1, -0.05) is 12.1 Å². The molecule has 0 atom stereocenters. The normalized spacial score (nSPS) is 14.9. The smallest absolute Gasteiger partial charge is 0.224 e. The Hall–Kier alpha value is -1.14. The Labute approximate surface area is 163 Å². The maximum absolute atomic E-state index is 12.2. The first-order valence-corrected chi connectivity index (χ1v) is 9.42. The third kappa shape index (κ3) is 9.53. The lowest BCUT2D eigenvalue weighted by atomic mass is 9.93. The largest absolute Gasteiger partial charge is 0.376 e. The van der Waals surface area contributed by atoms with E-state index in [0.717, 1.165) is 30.8 Å². The molecule has 0 radical (unpaired) electrons. The lowest BCUT2D eigenvalue weighted by Gasteiger charge is -2.22. The average Bonchev–Trinajstić information content (AvgIpc) is 2.61. The maximum atomic E-state index is 12.2. The third-order valence-electron chi connectivity index (χ3n) is 4.40. The maximum Gasteiger partial charge on any atom is 0.224 e. The highest BCUT2D eigenvalue weighted by molar-refractivity contribution is 5.90. The van der Waals surface area contributed by atoms with Gasteiger partial charge in [-0.3, -0.25) is 4.79 Å². The van der Waals surface area contributed by atoms with E-state index >= 15 is 0 Å². The first-order valence-electron chi connectivity index (χ1n) is 9.42. The number of ether oxygens (including phenoxy) is 2. The summed E-state index contributed by atoms with van der Waals surface area (Å²) in [6, 6.07) is 7.86. The zero-order chi connectivity index (χ0) is 17.9. The number of carbonyl (C=O) groups excluding carboxylic acids is 1. The molecule has 6 heteroatoms. The molecule has 1 aromatic rings. The van der Waals surface area contributed by atoms with Gasteiger partial charge in [0.25, 0.3) is 0 Å². The number of carbonyl (C=O) groups is 1. The molecular weight excluding hydrogens is 352 g/mol. The molecule has 0 aliphatic carbocycles. The van der Waals surface area contributed by atoms with Gasteiger partial charge in [-0.15, -0.1) is 12.4 Å². The van der Waals surface area contributed by atoms with Crippen LogP contribution in [0.15, 0.2) is 24.3 Å². The van der Waals surface area contributed by atoms with Crippen molar-refractivity contribution < 1.29 is 14.3 Å². The molecule has 1 aliphatic rings. The Morgan fingerprint density at radius 1 is 1.27 bits per heavy atom. The molecule has 0 spiro atoms. The van der Waals surface area contributed by atoms with Crippen LogP contribution in [0.4, 0.5) is 5.69 Å². The Morgan fingerprint density at radius 3 is 2.77 bits per heavy atom. The summed E-state index contributed by atoms with van der Waals surface area (Å²) in [7, 11) is 0. The lowest BCUT2D eigenvalue weighted by molar-refractivity contribution is -0.116. The van der Waals surface area contributed by atoms with Gasteiger partial charge in [0.1, 0.15) is 0 Å². The van der Waals surface area contributed by atoms with Gasteiger partial charge in [0.2, 0.25) is 5.91 Å². The molecule has 2 N–H and O–H groups in total. The van der Waals surface area contributed by atoms with Crippen LogP contribution in [0, 0.1) is 5.92 Å². The van der Waals surface area contributed by atoms with Crippen molar-refractivity contribution >= 4 is 24.0 Å². The second-order valence-corrected chi connectivity index (χ2v) is 6.95. The zero-order valence-electron chi connectivity index (χ0n) is 16.0. The predicted molar refractivity (Wildman–Crippen MR) is 108 cm³/mol. The van der Waals surface area contributed by atoms with E-state index in [9.17, 15) is 4.79 Å². The van der Waals surface area contributed by atoms with Crippen molar-refractivity contribution in [1.29, 1.82) is 0 Å². The SMILES string of the molecule is CC(C)OCCOCc1cccc(NC(=O)CCC2CCNCC2)c1.Cl. The molecule has 1 heterocycles. The van der Waals surface area contributed by atoms with E-state index in [1.165, 1.54) is 12.8 Å². The van der Waals surface area contributed by atoms with Crippen LogP contribution in [0.5, 0.6) is 0 Å². The summed E-state index contributed by atoms with van der Waals surface area (Å²) in [5.41, 5.74) is 1.90. The van der Waals surface area contributed by atoms with Gasteiger partial charge in [-0.2, -0.15) is 0 Å². The molecule has 1 aliphatic heterocycles. The second kappa shape index (κ2) is 13.1. The number of rotatable bonds is 10. The predicted octanol–water partition coefficient (Wildman–Crippen LogP) is 3.77. The van der Waals surface area contributed by atoms with Crippen molar-refractivity contribution in [3.8, 4) is 0 Å². The van der Waals surface area contributed by atoms with Crippen molar-refractivity contribution in [3.63, 3.8) is 0 Å². The molecule has 2 rings (SSSR count). The Balaban J connectivity index is 0.00000338. The molecule has 1 saturated heterocycles. The molecule has 0 bridgehead atoms. The number of anilines is 1. The van der Waals surface area contributed by atoms with E-state index in [1.54, 1.807) is 0 Å². The number of hydrogen-bond donors (Lipinski definition) is 2. The van der Waals surface area contributed by atoms with Crippen molar-refractivity contribution in [2.75, 3.05) is 31.6 Å². The second-order valence-electron chi connectivity index (χ2n) is 6.95. The van der Waals surface area contributed by atoms with Crippen molar-refractivity contribution in [2.45, 2.75) is 52.2 Å². The van der Waals surface area contributed by atoms with Gasteiger partial charge < -0.3 is 20.1 Å². The summed E-state index contributed by atoms with van der Waals surface area (Å²) < 4.78 is 11.1. The summed E-state index contributed by atoms with van der Waals surface area (Å²) in [4.78, 5) is 12.2. The standard InChI is InChI=1S/C20H32N2O3.ClH/c1-16(2)25-13-12-24-15-18-4-3-5-19(14-18)22-20(23)7-6-17-8-10-21-11-9-17;/h3-5,14,16-17,21H,6-13,15H2,1-2H3,(H,22,23);1H. The van der Waals surface area contributed by atoms with Gasteiger partial charge in [0.15, 0.2) is 0 Å². The summed E-state index contributed by atoms with van der Waals surface area (Å²) >= 11 is 0. The molecule has 0 aromatic heterocycles. The minimum absolute atomic E-state index is 0. The highest BCUT2D eigenvalue weighted by Gasteiger charge is 2.14. The van der Waals surface area contributed by atoms with Gasteiger partial charge in [-0.05, 0) is 69.8 Å². The van der Waals surface area contributed by atoms with E-state index in [4.69, 9.17) is 9.47 Å². The first kappa shape index (κ1) is 22.9. The monoisotopic (exact) mass is 384 g/mol. The van der Waals surface area contributed by atoms with Crippen LogP contribution in [-0.4, -0.2) is 38.3 Å². The average molecular weight is 385 g/mol. The highest BCUT2D eigenvalue weighted by Crippen LogP contribution is 2.18. The van der Waals surface area contributed by atoms with E-state index in [1.807, 2.05) is 38.1 Å². The molecule has 0 unspecified atom stereocenters. The van der Waals surface area contributed by atoms with E-state index in [-0.39, 0.29) is 24.4 Å². The van der Waals surface area contributed by atoms with Gasteiger partial charge in [-0.25, -0.2) is 0 Å². The summed E-state index contributed by atoms with van der Waals surface area (Å²) in [5, 5.41) is 6.36. The molecule has 1 amide bonds. The van der Waals surface area contributed by atoms with E-state index in [2.05, 4.69) is 10.6 Å². The number of piperidine rings is 1. The van der Waals surface area contributed by atoms with Crippen LogP contribution >= 0.6 is 12.4 Å². The fraction of sp³-hybridized carbons (Fsp3) is 0.650. The molecule has 5 nitrogen and oxygen atoms in total. The van der Waals surface area contributed by atoms with Crippen LogP contribution < -0.4 is 10.6 Å². The fourth-order valence-electron chi connectivity index (χ4n) is 3.00. The first-order chi connectivity index (χ1) is 12.1. The van der Waals surface area contributed by atoms with Gasteiger partial charge in [0.05, 0.1) is 25.9 Å². The van der Waals surface area contributed by atoms with Crippen molar-refractivity contribution in [1.82, 2.24) is 5.32 Å². The minimum atomic E-state index is 0. The van der Waals surface area contributed by atoms with Crippen molar-refractivity contribution in [2.24, 2.45) is 5.92 Å². The highest BCUT2D eigenvalue weighted by atomic mass is 35.5. The van der Waals surface area contributed by atoms with Crippen LogP contribution in [0.25, 0.3) is 0 Å². The number of nitrogens with one attached hydrogen (secondary N) is 2. The molecular formula is C20H33ClN2O3. The topological polar surface area (TPSA) is 59.6 Å². The fourth-order valence-corrected chi connectivity index (χ4v) is 3.00. The zero-order valence-corrected chi connectivity index (χ0v) is 16.8. The van der Waals surface area contributed by atoms with Gasteiger partial charge >= 0.3 is 0 Å². The minimum Gasteiger partial charge on any atom is -0.376 e. The Kier molecular flexibility index (Phi) is 11.5. The third-order valence-corrected chi connectivity index (χ3v) is 4.40. The Morgan fingerprint density at radius 2 is 2.04 bits per heavy atom. The number of hydrogen-bond acceptors (Lipinski definition) is 4. The quantitative estimate of drug-likeness (QED) is 0.603. The van der Waals surface area contributed by atoms with E-state index in [0.29, 0.717) is 32.2 Å². The number of amides is 1. The molecule has 148 valence electrons. The van der Waals surface area contributed by atoms with Crippen LogP contribution in [0.1, 0.15) is 45.1 Å². The number of benzene rings is 1. The Bertz CT molecular complexity index is 520. The number of halogens is 1. The lowest BCUT2D eigenvalue weighted by Crippen LogP contribution is -2.28. The molecule has 1 aromatic carbocycles.